The number of anilines is 1. The molecule has 0 aliphatic carbocycles. The Balaban J connectivity index is 1.91. The quantitative estimate of drug-likeness (QED) is 0.739. The van der Waals surface area contributed by atoms with Crippen molar-refractivity contribution in [3.05, 3.63) is 48.3 Å². The second-order valence-electron chi connectivity index (χ2n) is 6.46. The van der Waals surface area contributed by atoms with Gasteiger partial charge in [0, 0.05) is 26.2 Å². The van der Waals surface area contributed by atoms with Crippen molar-refractivity contribution in [1.29, 1.82) is 0 Å². The second kappa shape index (κ2) is 6.86. The minimum Gasteiger partial charge on any atom is -0.495 e. The van der Waals surface area contributed by atoms with E-state index < -0.39 is 10.0 Å². The number of piperazine rings is 1. The van der Waals surface area contributed by atoms with Crippen molar-refractivity contribution in [2.24, 2.45) is 0 Å². The molecule has 0 bridgehead atoms. The van der Waals surface area contributed by atoms with Crippen LogP contribution in [0.2, 0.25) is 0 Å². The number of aromatic nitrogens is 2. The van der Waals surface area contributed by atoms with Gasteiger partial charge >= 0.3 is 0 Å². The molecule has 1 aliphatic rings. The monoisotopic (exact) mass is 386 g/mol. The lowest BCUT2D eigenvalue weighted by molar-refractivity contribution is 0.402. The maximum Gasteiger partial charge on any atom is 0.273 e. The average Bonchev–Trinajstić information content (AvgIpc) is 3.05. The Morgan fingerprint density at radius 1 is 1.07 bits per heavy atom. The van der Waals surface area contributed by atoms with E-state index in [2.05, 4.69) is 15.2 Å². The largest absolute Gasteiger partial charge is 0.495 e. The molecule has 2 heterocycles. The van der Waals surface area contributed by atoms with E-state index in [1.807, 2.05) is 12.1 Å². The lowest BCUT2D eigenvalue weighted by Gasteiger charge is -2.29. The third-order valence-electron chi connectivity index (χ3n) is 4.82. The molecule has 0 saturated carbocycles. The molecule has 1 fully saturated rings. The van der Waals surface area contributed by atoms with Crippen LogP contribution in [0.1, 0.15) is 5.82 Å². The summed E-state index contributed by atoms with van der Waals surface area (Å²) in [6.45, 7) is 5.24. The van der Waals surface area contributed by atoms with Crippen LogP contribution in [0.15, 0.2) is 47.4 Å². The Kier molecular flexibility index (Phi) is 4.53. The summed E-state index contributed by atoms with van der Waals surface area (Å²) in [7, 11) is -2.38. The highest BCUT2D eigenvalue weighted by atomic mass is 32.2. The maximum atomic E-state index is 13.4. The summed E-state index contributed by atoms with van der Waals surface area (Å²) < 4.78 is 33.4. The van der Waals surface area contributed by atoms with E-state index in [1.54, 1.807) is 37.3 Å². The molecule has 1 aliphatic heterocycles. The average molecular weight is 386 g/mol. The lowest BCUT2D eigenvalue weighted by Crippen LogP contribution is -2.43. The summed E-state index contributed by atoms with van der Waals surface area (Å²) in [6, 6.07) is 12.3. The molecule has 0 amide bonds. The van der Waals surface area contributed by atoms with Crippen LogP contribution in [0.4, 0.5) is 5.69 Å². The molecule has 2 aromatic carbocycles. The van der Waals surface area contributed by atoms with Gasteiger partial charge in [0.05, 0.1) is 18.3 Å². The molecule has 142 valence electrons. The highest BCUT2D eigenvalue weighted by Gasteiger charge is 2.27. The minimum atomic E-state index is -3.84. The van der Waals surface area contributed by atoms with Crippen molar-refractivity contribution < 1.29 is 13.2 Å². The zero-order chi connectivity index (χ0) is 19.0. The third kappa shape index (κ3) is 2.94. The molecule has 0 atom stereocenters. The minimum absolute atomic E-state index is 0.127. The van der Waals surface area contributed by atoms with E-state index in [9.17, 15) is 8.42 Å². The van der Waals surface area contributed by atoms with Crippen LogP contribution in [-0.2, 0) is 10.0 Å². The van der Waals surface area contributed by atoms with Crippen LogP contribution >= 0.6 is 0 Å². The summed E-state index contributed by atoms with van der Waals surface area (Å²) in [5.41, 5.74) is 2.25. The number of hydrogen-bond acceptors (Lipinski definition) is 6. The molecule has 1 saturated heterocycles. The fourth-order valence-corrected chi connectivity index (χ4v) is 5.22. The lowest BCUT2D eigenvalue weighted by atomic mass is 10.2. The van der Waals surface area contributed by atoms with E-state index in [0.717, 1.165) is 31.9 Å². The van der Waals surface area contributed by atoms with E-state index >= 15 is 0 Å². The Labute approximate surface area is 158 Å². The Hall–Kier alpha value is -2.58. The summed E-state index contributed by atoms with van der Waals surface area (Å²) in [5, 5.41) is 3.33. The fourth-order valence-electron chi connectivity index (χ4n) is 3.57. The normalized spacial score (nSPS) is 15.3. The first kappa shape index (κ1) is 17.8. The molecular formula is C19H22N4O3S. The van der Waals surface area contributed by atoms with Crippen LogP contribution in [0.25, 0.3) is 11.0 Å². The number of benzene rings is 2. The van der Waals surface area contributed by atoms with Gasteiger partial charge in [0.2, 0.25) is 0 Å². The number of rotatable bonds is 4. The van der Waals surface area contributed by atoms with Crippen LogP contribution < -0.4 is 15.0 Å². The molecule has 0 radical (unpaired) electrons. The predicted molar refractivity (Wildman–Crippen MR) is 105 cm³/mol. The van der Waals surface area contributed by atoms with Gasteiger partial charge in [0.1, 0.15) is 22.0 Å². The SMILES string of the molecule is COc1ccccc1S(=O)(=O)n1c(C)nc2c(N3CCNCC3)cccc21. The predicted octanol–water partition coefficient (Wildman–Crippen LogP) is 2.00. The number of nitrogens with zero attached hydrogens (tertiary/aromatic N) is 3. The number of aryl methyl sites for hydroxylation is 1. The zero-order valence-corrected chi connectivity index (χ0v) is 16.2. The van der Waals surface area contributed by atoms with Gasteiger partial charge < -0.3 is 15.0 Å². The molecule has 1 aromatic heterocycles. The number of nitrogens with one attached hydrogen (secondary N) is 1. The van der Waals surface area contributed by atoms with Crippen molar-refractivity contribution >= 4 is 26.7 Å². The fraction of sp³-hybridized carbons (Fsp3) is 0.316. The number of hydrogen-bond donors (Lipinski definition) is 1. The van der Waals surface area contributed by atoms with Gasteiger partial charge in [-0.2, -0.15) is 0 Å². The van der Waals surface area contributed by atoms with Gasteiger partial charge in [-0.15, -0.1) is 0 Å². The first-order chi connectivity index (χ1) is 13.0. The first-order valence-electron chi connectivity index (χ1n) is 8.86. The number of methoxy groups -OCH3 is 1. The molecular weight excluding hydrogens is 364 g/mol. The topological polar surface area (TPSA) is 76.5 Å². The van der Waals surface area contributed by atoms with E-state index in [-0.39, 0.29) is 4.90 Å². The standard InChI is InChI=1S/C19H22N4O3S/c1-14-21-19-15(22-12-10-20-11-13-22)6-5-7-16(19)23(14)27(24,25)18-9-4-3-8-17(18)26-2/h3-9,20H,10-13H2,1-2H3. The Morgan fingerprint density at radius 2 is 1.81 bits per heavy atom. The first-order valence-corrected chi connectivity index (χ1v) is 10.3. The van der Waals surface area contributed by atoms with Crippen molar-refractivity contribution in [2.45, 2.75) is 11.8 Å². The van der Waals surface area contributed by atoms with E-state index in [4.69, 9.17) is 4.74 Å². The van der Waals surface area contributed by atoms with Gasteiger partial charge in [-0.3, -0.25) is 0 Å². The molecule has 3 aromatic rings. The second-order valence-corrected chi connectivity index (χ2v) is 8.22. The van der Waals surface area contributed by atoms with Crippen molar-refractivity contribution in [2.75, 3.05) is 38.2 Å². The number of para-hydroxylation sites is 2. The van der Waals surface area contributed by atoms with Crippen LogP contribution in [0.3, 0.4) is 0 Å². The van der Waals surface area contributed by atoms with Gasteiger partial charge in [0.25, 0.3) is 10.0 Å². The Bertz CT molecular complexity index is 1090. The third-order valence-corrected chi connectivity index (χ3v) is 6.66. The molecule has 27 heavy (non-hydrogen) atoms. The summed E-state index contributed by atoms with van der Waals surface area (Å²) in [4.78, 5) is 6.99. The molecule has 0 unspecified atom stereocenters. The number of ether oxygens (including phenoxy) is 1. The number of imidazole rings is 1. The maximum absolute atomic E-state index is 13.4. The van der Waals surface area contributed by atoms with Crippen LogP contribution in [0, 0.1) is 6.92 Å². The summed E-state index contributed by atoms with van der Waals surface area (Å²) >= 11 is 0. The highest BCUT2D eigenvalue weighted by molar-refractivity contribution is 7.90. The van der Waals surface area contributed by atoms with Gasteiger partial charge in [-0.1, -0.05) is 18.2 Å². The molecule has 4 rings (SSSR count). The zero-order valence-electron chi connectivity index (χ0n) is 15.3. The van der Waals surface area contributed by atoms with Crippen molar-refractivity contribution in [1.82, 2.24) is 14.3 Å². The molecule has 1 N–H and O–H groups in total. The Morgan fingerprint density at radius 3 is 2.56 bits per heavy atom. The number of fused-ring (bicyclic) bond motifs is 1. The van der Waals surface area contributed by atoms with Crippen molar-refractivity contribution in [3.63, 3.8) is 0 Å². The molecule has 0 spiro atoms. The highest BCUT2D eigenvalue weighted by Crippen LogP contribution is 2.32. The van der Waals surface area contributed by atoms with Crippen LogP contribution in [-0.4, -0.2) is 50.7 Å². The van der Waals surface area contributed by atoms with Gasteiger partial charge in [-0.25, -0.2) is 17.4 Å². The van der Waals surface area contributed by atoms with E-state index in [1.165, 1.54) is 11.1 Å². The van der Waals surface area contributed by atoms with Crippen LogP contribution in [0.5, 0.6) is 5.75 Å². The smallest absolute Gasteiger partial charge is 0.273 e. The van der Waals surface area contributed by atoms with Gasteiger partial charge in [0.15, 0.2) is 0 Å². The van der Waals surface area contributed by atoms with Crippen molar-refractivity contribution in [3.8, 4) is 5.75 Å². The summed E-state index contributed by atoms with van der Waals surface area (Å²) in [5.74, 6) is 0.746. The van der Waals surface area contributed by atoms with E-state index in [0.29, 0.717) is 22.6 Å². The summed E-state index contributed by atoms with van der Waals surface area (Å²) in [6.07, 6.45) is 0. The molecule has 8 heteroatoms. The van der Waals surface area contributed by atoms with Gasteiger partial charge in [-0.05, 0) is 31.2 Å². The molecule has 7 nitrogen and oxygen atoms in total.